The van der Waals surface area contributed by atoms with Gasteiger partial charge in [0, 0.05) is 37.5 Å². The van der Waals surface area contributed by atoms with Crippen molar-refractivity contribution >= 4 is 28.7 Å². The van der Waals surface area contributed by atoms with E-state index in [1.807, 2.05) is 17.9 Å². The van der Waals surface area contributed by atoms with Crippen LogP contribution in [0.1, 0.15) is 50.6 Å². The Bertz CT molecular complexity index is 883. The summed E-state index contributed by atoms with van der Waals surface area (Å²) in [5.41, 5.74) is 7.61. The van der Waals surface area contributed by atoms with Crippen molar-refractivity contribution in [3.63, 3.8) is 0 Å². The van der Waals surface area contributed by atoms with Gasteiger partial charge in [0.25, 0.3) is 5.91 Å². The van der Waals surface area contributed by atoms with E-state index in [1.54, 1.807) is 28.8 Å². The van der Waals surface area contributed by atoms with E-state index < -0.39 is 0 Å². The van der Waals surface area contributed by atoms with Crippen molar-refractivity contribution in [2.24, 2.45) is 10.7 Å². The Labute approximate surface area is 188 Å². The van der Waals surface area contributed by atoms with Gasteiger partial charge in [-0.2, -0.15) is 0 Å². The normalized spacial score (nSPS) is 23.0. The highest BCUT2D eigenvalue weighted by Crippen LogP contribution is 2.33. The number of hydrogen-bond donors (Lipinski definition) is 1. The minimum absolute atomic E-state index is 0.0340. The number of thioether (sulfide) groups is 1. The highest BCUT2D eigenvalue weighted by atomic mass is 32.2. The number of carbonyl (C=O) groups is 2. The minimum atomic E-state index is -0.305. The van der Waals surface area contributed by atoms with Crippen LogP contribution in [0.4, 0.5) is 0 Å². The van der Waals surface area contributed by atoms with Crippen molar-refractivity contribution < 1.29 is 14.0 Å². The van der Waals surface area contributed by atoms with E-state index in [4.69, 9.17) is 10.2 Å². The van der Waals surface area contributed by atoms with Crippen molar-refractivity contribution in [1.29, 1.82) is 0 Å². The Hall–Kier alpha value is -2.48. The molecule has 1 saturated heterocycles. The summed E-state index contributed by atoms with van der Waals surface area (Å²) in [6, 6.07) is 3.37. The van der Waals surface area contributed by atoms with Crippen LogP contribution in [-0.2, 0) is 4.79 Å². The van der Waals surface area contributed by atoms with E-state index in [1.165, 1.54) is 11.8 Å². The zero-order chi connectivity index (χ0) is 22.4. The molecule has 1 atom stereocenters. The first-order valence-electron chi connectivity index (χ1n) is 10.9. The first-order valence-corrected chi connectivity index (χ1v) is 11.9. The number of nitrogens with zero attached hydrogens (tertiary/aromatic N) is 3. The Morgan fingerprint density at radius 3 is 2.48 bits per heavy atom. The van der Waals surface area contributed by atoms with Gasteiger partial charge in [0.2, 0.25) is 5.91 Å². The number of amides is 2. The first kappa shape index (κ1) is 23.2. The molecule has 1 aromatic heterocycles. The number of nitrogens with two attached hydrogens (primary N) is 1. The standard InChI is InChI=1S/C23H32N4O3S/c1-4-17(8-9-18(5-2)23(3)10-16-31-22(24)25-23)20(28)26-11-13-27(14-12-26)21(29)19-7-6-15-30-19/h6-9,15H,4-5,10-14,16H2,1-3H3,(H2,24,25)/b17-8+,18-9+. The molecule has 2 aliphatic rings. The molecule has 0 spiro atoms. The lowest BCUT2D eigenvalue weighted by Crippen LogP contribution is -2.50. The maximum Gasteiger partial charge on any atom is 0.289 e. The van der Waals surface area contributed by atoms with E-state index in [2.05, 4.69) is 24.9 Å². The van der Waals surface area contributed by atoms with Gasteiger partial charge in [-0.25, -0.2) is 0 Å². The molecule has 7 nitrogen and oxygen atoms in total. The largest absolute Gasteiger partial charge is 0.459 e. The smallest absolute Gasteiger partial charge is 0.289 e. The quantitative estimate of drug-likeness (QED) is 0.536. The number of rotatable bonds is 6. The predicted molar refractivity (Wildman–Crippen MR) is 125 cm³/mol. The van der Waals surface area contributed by atoms with Crippen molar-refractivity contribution in [3.8, 4) is 0 Å². The van der Waals surface area contributed by atoms with Gasteiger partial charge in [-0.1, -0.05) is 37.8 Å². The molecule has 1 fully saturated rings. The van der Waals surface area contributed by atoms with Crippen LogP contribution in [0.2, 0.25) is 0 Å². The molecule has 0 aliphatic carbocycles. The van der Waals surface area contributed by atoms with Crippen LogP contribution in [0, 0.1) is 0 Å². The average Bonchev–Trinajstić information content (AvgIpc) is 3.31. The number of amidine groups is 1. The van der Waals surface area contributed by atoms with Gasteiger partial charge in [0.05, 0.1) is 11.8 Å². The molecule has 3 heterocycles. The van der Waals surface area contributed by atoms with Crippen LogP contribution in [0.15, 0.2) is 51.1 Å². The fourth-order valence-corrected chi connectivity index (χ4v) is 4.98. The van der Waals surface area contributed by atoms with Crippen molar-refractivity contribution in [2.75, 3.05) is 31.9 Å². The average molecular weight is 445 g/mol. The Morgan fingerprint density at radius 1 is 1.19 bits per heavy atom. The van der Waals surface area contributed by atoms with Crippen LogP contribution in [0.3, 0.4) is 0 Å². The molecule has 0 radical (unpaired) electrons. The fraction of sp³-hybridized carbons (Fsp3) is 0.522. The van der Waals surface area contributed by atoms with Gasteiger partial charge in [-0.05, 0) is 43.9 Å². The number of hydrogen-bond acceptors (Lipinski definition) is 6. The van der Waals surface area contributed by atoms with Crippen LogP contribution < -0.4 is 5.73 Å². The van der Waals surface area contributed by atoms with E-state index in [0.717, 1.165) is 24.2 Å². The summed E-state index contributed by atoms with van der Waals surface area (Å²) in [7, 11) is 0. The molecule has 2 amide bonds. The van der Waals surface area contributed by atoms with Crippen LogP contribution >= 0.6 is 11.8 Å². The third kappa shape index (κ3) is 5.42. The van der Waals surface area contributed by atoms with Gasteiger partial charge in [-0.3, -0.25) is 14.6 Å². The second-order valence-corrected chi connectivity index (χ2v) is 9.09. The summed E-state index contributed by atoms with van der Waals surface area (Å²) in [6.07, 6.45) is 7.94. The molecule has 1 aromatic rings. The summed E-state index contributed by atoms with van der Waals surface area (Å²) < 4.78 is 5.20. The SMILES string of the molecule is CC/C(=C\C=C(/CC)C1(C)CCSC(N)=N1)C(=O)N1CCN(C(=O)c2ccco2)CC1. The van der Waals surface area contributed by atoms with Crippen molar-refractivity contribution in [2.45, 2.75) is 45.6 Å². The molecule has 3 rings (SSSR count). The zero-order valence-electron chi connectivity index (χ0n) is 18.6. The Balaban J connectivity index is 1.67. The second-order valence-electron chi connectivity index (χ2n) is 7.97. The van der Waals surface area contributed by atoms with Gasteiger partial charge in [-0.15, -0.1) is 0 Å². The predicted octanol–water partition coefficient (Wildman–Crippen LogP) is 3.45. The molecule has 0 bridgehead atoms. The maximum atomic E-state index is 13.1. The molecule has 0 saturated carbocycles. The molecule has 2 N–H and O–H groups in total. The van der Waals surface area contributed by atoms with Gasteiger partial charge in [0.1, 0.15) is 0 Å². The Kier molecular flexibility index (Phi) is 7.64. The minimum Gasteiger partial charge on any atom is -0.459 e. The molecule has 31 heavy (non-hydrogen) atoms. The molecule has 2 aliphatic heterocycles. The maximum absolute atomic E-state index is 13.1. The summed E-state index contributed by atoms with van der Waals surface area (Å²) in [5.74, 6) is 1.20. The number of carbonyl (C=O) groups excluding carboxylic acids is 2. The van der Waals surface area contributed by atoms with E-state index in [0.29, 0.717) is 43.5 Å². The number of aliphatic imine (C=N–C) groups is 1. The summed E-state index contributed by atoms with van der Waals surface area (Å²) in [5, 5.41) is 0.630. The van der Waals surface area contributed by atoms with Crippen LogP contribution in [0.5, 0.6) is 0 Å². The lowest BCUT2D eigenvalue weighted by Gasteiger charge is -2.34. The van der Waals surface area contributed by atoms with Gasteiger partial charge < -0.3 is 20.0 Å². The number of furan rings is 1. The third-order valence-electron chi connectivity index (χ3n) is 6.00. The lowest BCUT2D eigenvalue weighted by atomic mass is 9.87. The number of allylic oxidation sites excluding steroid dienone is 2. The first-order chi connectivity index (χ1) is 14.9. The van der Waals surface area contributed by atoms with Crippen molar-refractivity contribution in [3.05, 3.63) is 47.5 Å². The fourth-order valence-electron chi connectivity index (χ4n) is 4.01. The molecule has 1 unspecified atom stereocenters. The summed E-state index contributed by atoms with van der Waals surface area (Å²) in [6.45, 7) is 8.26. The molecule has 0 aromatic carbocycles. The highest BCUT2D eigenvalue weighted by molar-refractivity contribution is 8.13. The second kappa shape index (κ2) is 10.2. The molecular formula is C23H32N4O3S. The molecule has 168 valence electrons. The van der Waals surface area contributed by atoms with Gasteiger partial charge in [0.15, 0.2) is 10.9 Å². The van der Waals surface area contributed by atoms with Gasteiger partial charge >= 0.3 is 0 Å². The zero-order valence-corrected chi connectivity index (χ0v) is 19.4. The molecular weight excluding hydrogens is 412 g/mol. The highest BCUT2D eigenvalue weighted by Gasteiger charge is 2.31. The summed E-state index contributed by atoms with van der Waals surface area (Å²) >= 11 is 1.59. The van der Waals surface area contributed by atoms with Crippen LogP contribution in [-0.4, -0.2) is 64.3 Å². The monoisotopic (exact) mass is 444 g/mol. The van der Waals surface area contributed by atoms with Crippen LogP contribution in [0.25, 0.3) is 0 Å². The van der Waals surface area contributed by atoms with Crippen molar-refractivity contribution in [1.82, 2.24) is 9.80 Å². The Morgan fingerprint density at radius 2 is 1.90 bits per heavy atom. The summed E-state index contributed by atoms with van der Waals surface area (Å²) in [4.78, 5) is 33.8. The topological polar surface area (TPSA) is 92.1 Å². The van der Waals surface area contributed by atoms with E-state index >= 15 is 0 Å². The number of piperazine rings is 1. The van der Waals surface area contributed by atoms with E-state index in [9.17, 15) is 9.59 Å². The third-order valence-corrected chi connectivity index (χ3v) is 6.79. The molecule has 8 heteroatoms. The van der Waals surface area contributed by atoms with E-state index in [-0.39, 0.29) is 17.4 Å². The lowest BCUT2D eigenvalue weighted by molar-refractivity contribution is -0.128.